The molecule has 0 saturated carbocycles. The average Bonchev–Trinajstić information content (AvgIpc) is 3.21. The summed E-state index contributed by atoms with van der Waals surface area (Å²) in [7, 11) is 0. The van der Waals surface area contributed by atoms with Gasteiger partial charge >= 0.3 is 0 Å². The fourth-order valence-corrected chi connectivity index (χ4v) is 3.44. The number of fused-ring (bicyclic) bond motifs is 1. The molecular weight excluding hydrogens is 392 g/mol. The standard InChI is InChI=1S/C20H17BrN4O/c21-16-7-5-14(6-8-16)18-10-9-17(26-18)12-15(13-22)20-24-23-19-4-2-1-3-11-25(19)20/h5-10,12H,1-4,11H2/b15-12+. The molecule has 3 heterocycles. The van der Waals surface area contributed by atoms with E-state index in [0.29, 0.717) is 17.2 Å². The molecule has 3 aromatic rings. The van der Waals surface area contributed by atoms with E-state index in [4.69, 9.17) is 4.42 Å². The molecule has 6 heteroatoms. The predicted molar refractivity (Wildman–Crippen MR) is 103 cm³/mol. The molecule has 1 aliphatic heterocycles. The van der Waals surface area contributed by atoms with Gasteiger partial charge in [0.25, 0.3) is 0 Å². The fraction of sp³-hybridized carbons (Fsp3) is 0.250. The lowest BCUT2D eigenvalue weighted by molar-refractivity contribution is 0.572. The van der Waals surface area contributed by atoms with E-state index in [1.54, 1.807) is 6.08 Å². The SMILES string of the molecule is N#C/C(=C\c1ccc(-c2ccc(Br)cc2)o1)c1nnc2n1CCCCC2. The zero-order valence-corrected chi connectivity index (χ0v) is 15.7. The van der Waals surface area contributed by atoms with E-state index in [1.165, 1.54) is 6.42 Å². The molecule has 0 spiro atoms. The van der Waals surface area contributed by atoms with E-state index in [1.807, 2.05) is 36.4 Å². The summed E-state index contributed by atoms with van der Waals surface area (Å²) in [4.78, 5) is 0. The Balaban J connectivity index is 1.66. The van der Waals surface area contributed by atoms with Gasteiger partial charge in [-0.1, -0.05) is 34.5 Å². The first-order chi connectivity index (χ1) is 12.7. The van der Waals surface area contributed by atoms with E-state index >= 15 is 0 Å². The van der Waals surface area contributed by atoms with Crippen LogP contribution in [0.5, 0.6) is 0 Å². The zero-order chi connectivity index (χ0) is 17.9. The lowest BCUT2D eigenvalue weighted by Crippen LogP contribution is -2.05. The minimum Gasteiger partial charge on any atom is -0.457 e. The number of nitriles is 1. The van der Waals surface area contributed by atoms with Crippen molar-refractivity contribution < 1.29 is 4.42 Å². The van der Waals surface area contributed by atoms with Gasteiger partial charge in [0, 0.05) is 29.1 Å². The van der Waals surface area contributed by atoms with Crippen molar-refractivity contribution in [3.05, 3.63) is 58.3 Å². The number of allylic oxidation sites excluding steroid dienone is 1. The van der Waals surface area contributed by atoms with E-state index in [0.717, 1.165) is 47.4 Å². The minimum absolute atomic E-state index is 0.474. The molecule has 0 amide bonds. The maximum Gasteiger partial charge on any atom is 0.174 e. The summed E-state index contributed by atoms with van der Waals surface area (Å²) in [6.07, 6.45) is 6.05. The van der Waals surface area contributed by atoms with Crippen LogP contribution in [0.4, 0.5) is 0 Å². The summed E-state index contributed by atoms with van der Waals surface area (Å²) < 4.78 is 9.00. The summed E-state index contributed by atoms with van der Waals surface area (Å²) in [5.41, 5.74) is 1.46. The molecule has 0 atom stereocenters. The van der Waals surface area contributed by atoms with Crippen LogP contribution in [0.2, 0.25) is 0 Å². The molecule has 5 nitrogen and oxygen atoms in total. The van der Waals surface area contributed by atoms with E-state index in [2.05, 4.69) is 36.8 Å². The van der Waals surface area contributed by atoms with Gasteiger partial charge in [-0.15, -0.1) is 10.2 Å². The number of furan rings is 1. The predicted octanol–water partition coefficient (Wildman–Crippen LogP) is 5.09. The highest BCUT2D eigenvalue weighted by Gasteiger charge is 2.18. The third-order valence-corrected chi connectivity index (χ3v) is 5.04. The first-order valence-corrected chi connectivity index (χ1v) is 9.44. The van der Waals surface area contributed by atoms with Gasteiger partial charge in [0.05, 0.1) is 0 Å². The molecule has 26 heavy (non-hydrogen) atoms. The Kier molecular flexibility index (Phi) is 4.72. The van der Waals surface area contributed by atoms with Gasteiger partial charge in [-0.3, -0.25) is 0 Å². The Morgan fingerprint density at radius 1 is 1.12 bits per heavy atom. The highest BCUT2D eigenvalue weighted by Crippen LogP contribution is 2.27. The molecule has 1 aromatic carbocycles. The van der Waals surface area contributed by atoms with Gasteiger partial charge in [0.1, 0.15) is 29.0 Å². The normalized spacial score (nSPS) is 14.5. The smallest absolute Gasteiger partial charge is 0.174 e. The van der Waals surface area contributed by atoms with Gasteiger partial charge in [0.2, 0.25) is 0 Å². The van der Waals surface area contributed by atoms with Crippen LogP contribution in [0.15, 0.2) is 45.3 Å². The molecule has 0 fully saturated rings. The first-order valence-electron chi connectivity index (χ1n) is 8.64. The number of nitrogens with zero attached hydrogens (tertiary/aromatic N) is 4. The Bertz CT molecular complexity index is 992. The number of aromatic nitrogens is 3. The van der Waals surface area contributed by atoms with E-state index in [9.17, 15) is 5.26 Å². The van der Waals surface area contributed by atoms with Crippen LogP contribution in [0, 0.1) is 11.3 Å². The van der Waals surface area contributed by atoms with Crippen LogP contribution in [0.1, 0.15) is 36.7 Å². The van der Waals surface area contributed by atoms with E-state index < -0.39 is 0 Å². The van der Waals surface area contributed by atoms with Gasteiger partial charge < -0.3 is 8.98 Å². The second kappa shape index (κ2) is 7.30. The molecule has 0 aliphatic carbocycles. The Hall–Kier alpha value is -2.65. The number of hydrogen-bond donors (Lipinski definition) is 0. The highest BCUT2D eigenvalue weighted by atomic mass is 79.9. The molecule has 2 aromatic heterocycles. The average molecular weight is 409 g/mol. The van der Waals surface area contributed by atoms with Crippen molar-refractivity contribution in [2.24, 2.45) is 0 Å². The highest BCUT2D eigenvalue weighted by molar-refractivity contribution is 9.10. The van der Waals surface area contributed by atoms with Crippen LogP contribution in [-0.4, -0.2) is 14.8 Å². The van der Waals surface area contributed by atoms with Crippen molar-refractivity contribution in [2.45, 2.75) is 32.2 Å². The summed E-state index contributed by atoms with van der Waals surface area (Å²) >= 11 is 3.43. The van der Waals surface area contributed by atoms with Gasteiger partial charge in [-0.25, -0.2) is 0 Å². The maximum atomic E-state index is 9.64. The quantitative estimate of drug-likeness (QED) is 0.565. The summed E-state index contributed by atoms with van der Waals surface area (Å²) in [6.45, 7) is 0.860. The monoisotopic (exact) mass is 408 g/mol. The van der Waals surface area contributed by atoms with Crippen molar-refractivity contribution in [1.82, 2.24) is 14.8 Å². The second-order valence-electron chi connectivity index (χ2n) is 6.28. The van der Waals surface area contributed by atoms with Gasteiger partial charge in [-0.2, -0.15) is 5.26 Å². The number of aryl methyl sites for hydroxylation is 1. The lowest BCUT2D eigenvalue weighted by Gasteiger charge is -2.05. The largest absolute Gasteiger partial charge is 0.457 e. The topological polar surface area (TPSA) is 67.6 Å². The Labute approximate surface area is 160 Å². The third-order valence-electron chi connectivity index (χ3n) is 4.51. The van der Waals surface area contributed by atoms with Gasteiger partial charge in [-0.05, 0) is 37.1 Å². The number of benzene rings is 1. The molecule has 0 N–H and O–H groups in total. The molecule has 1 aliphatic rings. The number of hydrogen-bond acceptors (Lipinski definition) is 4. The third kappa shape index (κ3) is 3.35. The Morgan fingerprint density at radius 2 is 1.96 bits per heavy atom. The summed E-state index contributed by atoms with van der Waals surface area (Å²) in [5.74, 6) is 2.99. The molecular formula is C20H17BrN4O. The molecule has 4 rings (SSSR count). The molecule has 0 bridgehead atoms. The van der Waals surface area contributed by atoms with Crippen LogP contribution >= 0.6 is 15.9 Å². The zero-order valence-electron chi connectivity index (χ0n) is 14.2. The summed E-state index contributed by atoms with van der Waals surface area (Å²) in [6, 6.07) is 13.9. The van der Waals surface area contributed by atoms with Crippen molar-refractivity contribution in [3.63, 3.8) is 0 Å². The fourth-order valence-electron chi connectivity index (χ4n) is 3.17. The lowest BCUT2D eigenvalue weighted by atomic mass is 10.2. The van der Waals surface area contributed by atoms with Crippen molar-refractivity contribution >= 4 is 27.6 Å². The van der Waals surface area contributed by atoms with E-state index in [-0.39, 0.29) is 0 Å². The number of rotatable bonds is 3. The van der Waals surface area contributed by atoms with Crippen LogP contribution in [0.3, 0.4) is 0 Å². The van der Waals surface area contributed by atoms with Crippen LogP contribution in [-0.2, 0) is 13.0 Å². The van der Waals surface area contributed by atoms with Crippen molar-refractivity contribution in [1.29, 1.82) is 5.26 Å². The summed E-state index contributed by atoms with van der Waals surface area (Å²) in [5, 5.41) is 18.2. The van der Waals surface area contributed by atoms with Crippen LogP contribution in [0.25, 0.3) is 23.0 Å². The molecule has 130 valence electrons. The minimum atomic E-state index is 0.474. The Morgan fingerprint density at radius 3 is 2.77 bits per heavy atom. The van der Waals surface area contributed by atoms with Crippen LogP contribution < -0.4 is 0 Å². The van der Waals surface area contributed by atoms with Crippen molar-refractivity contribution in [3.8, 4) is 17.4 Å². The van der Waals surface area contributed by atoms with Gasteiger partial charge in [0.15, 0.2) is 5.82 Å². The molecule has 0 radical (unpaired) electrons. The second-order valence-corrected chi connectivity index (χ2v) is 7.20. The van der Waals surface area contributed by atoms with Crippen molar-refractivity contribution in [2.75, 3.05) is 0 Å². The number of halogens is 1. The maximum absolute atomic E-state index is 9.64. The first kappa shape index (κ1) is 16.8. The molecule has 0 saturated heterocycles. The molecule has 0 unspecified atom stereocenters.